The number of carboxylic acid groups (broad SMARTS) is 1. The van der Waals surface area contributed by atoms with E-state index in [1.165, 1.54) is 19.1 Å². The number of benzene rings is 2. The molecule has 0 saturated carbocycles. The number of hydrogen-bond donors (Lipinski definition) is 6. The molecule has 0 radical (unpaired) electrons. The number of phenols is 1. The number of fused-ring (bicyclic) bond motifs is 1. The van der Waals surface area contributed by atoms with Gasteiger partial charge in [0.15, 0.2) is 5.78 Å². The van der Waals surface area contributed by atoms with Crippen LogP contribution in [-0.2, 0) is 4.74 Å². The van der Waals surface area contributed by atoms with E-state index in [1.54, 1.807) is 6.92 Å². The van der Waals surface area contributed by atoms with Gasteiger partial charge in [-0.25, -0.2) is 4.79 Å². The Morgan fingerprint density at radius 3 is 2.40 bits per heavy atom. The van der Waals surface area contributed by atoms with E-state index < -0.39 is 54.3 Å². The predicted molar refractivity (Wildman–Crippen MR) is 125 cm³/mol. The fourth-order valence-electron chi connectivity index (χ4n) is 4.53. The van der Waals surface area contributed by atoms with Crippen LogP contribution in [0.2, 0.25) is 0 Å². The number of ether oxygens (including phenoxy) is 2. The molecule has 1 fully saturated rings. The van der Waals surface area contributed by atoms with Crippen LogP contribution in [0.5, 0.6) is 11.5 Å². The molecular formula is C25H32O10. The smallest absolute Gasteiger partial charge is 0.335 e. The average Bonchev–Trinajstić information content (AvgIpc) is 2.77. The highest BCUT2D eigenvalue weighted by Gasteiger charge is 2.55. The van der Waals surface area contributed by atoms with Crippen LogP contribution < -0.4 is 4.74 Å². The lowest BCUT2D eigenvalue weighted by atomic mass is 9.79. The average molecular weight is 493 g/mol. The van der Waals surface area contributed by atoms with E-state index in [2.05, 4.69) is 0 Å². The second-order valence-electron chi connectivity index (χ2n) is 9.50. The van der Waals surface area contributed by atoms with Crippen molar-refractivity contribution in [3.8, 4) is 11.5 Å². The van der Waals surface area contributed by atoms with Crippen molar-refractivity contribution in [3.63, 3.8) is 0 Å². The largest absolute Gasteiger partial charge is 0.506 e. The fraction of sp³-hybridized carbons (Fsp3) is 0.520. The lowest BCUT2D eigenvalue weighted by molar-refractivity contribution is -0.315. The third-order valence-corrected chi connectivity index (χ3v) is 6.47. The number of aryl methyl sites for hydroxylation is 1. The van der Waals surface area contributed by atoms with Gasteiger partial charge in [0, 0.05) is 0 Å². The Morgan fingerprint density at radius 1 is 1.20 bits per heavy atom. The van der Waals surface area contributed by atoms with Gasteiger partial charge in [0.25, 0.3) is 0 Å². The summed E-state index contributed by atoms with van der Waals surface area (Å²) in [6.07, 6.45) is -5.95. The van der Waals surface area contributed by atoms with Gasteiger partial charge >= 0.3 is 5.97 Å². The second kappa shape index (κ2) is 10.1. The molecule has 2 aromatic carbocycles. The lowest BCUT2D eigenvalue weighted by Gasteiger charge is -2.48. The van der Waals surface area contributed by atoms with Crippen LogP contribution in [0.1, 0.15) is 59.9 Å². The molecule has 192 valence electrons. The number of aromatic hydroxyl groups is 1. The monoisotopic (exact) mass is 492 g/mol. The number of aliphatic hydroxyl groups excluding tert-OH is 3. The molecule has 5 atom stereocenters. The molecule has 0 aromatic heterocycles. The van der Waals surface area contributed by atoms with Gasteiger partial charge in [0.2, 0.25) is 6.29 Å². The van der Waals surface area contributed by atoms with Crippen LogP contribution in [0, 0.1) is 12.8 Å². The quantitative estimate of drug-likeness (QED) is 0.298. The Labute approximate surface area is 202 Å². The summed E-state index contributed by atoms with van der Waals surface area (Å²) in [5, 5.41) is 63.1. The first-order valence-corrected chi connectivity index (χ1v) is 11.4. The Balaban J connectivity index is 2.08. The summed E-state index contributed by atoms with van der Waals surface area (Å²) in [5.41, 5.74) is -1.70. The number of carbonyl (C=O) groups is 2. The minimum atomic E-state index is -1.95. The minimum Gasteiger partial charge on any atom is -0.506 e. The second-order valence-corrected chi connectivity index (χ2v) is 9.50. The van der Waals surface area contributed by atoms with Crippen LogP contribution in [-0.4, -0.2) is 79.2 Å². The summed E-state index contributed by atoms with van der Waals surface area (Å²) >= 11 is 0. The van der Waals surface area contributed by atoms with Gasteiger partial charge in [-0.05, 0) is 55.7 Å². The van der Waals surface area contributed by atoms with Gasteiger partial charge in [-0.2, -0.15) is 0 Å². The highest BCUT2D eigenvalue weighted by molar-refractivity contribution is 6.08. The van der Waals surface area contributed by atoms with Crippen molar-refractivity contribution in [1.29, 1.82) is 0 Å². The maximum absolute atomic E-state index is 12.1. The van der Waals surface area contributed by atoms with E-state index >= 15 is 0 Å². The third-order valence-electron chi connectivity index (χ3n) is 6.47. The number of ketones is 1. The van der Waals surface area contributed by atoms with Crippen LogP contribution in [0.3, 0.4) is 0 Å². The SMILES string of the molecule is CC(=O)c1c(C)cc2cc(C(=O)O)cc(OC3OC(CO)C(O)(CCC(C)C)C(O)C3O)c2c1O. The molecule has 3 rings (SSSR count). The number of Topliss-reactive ketones (excluding diaryl/α,β-unsaturated/α-hetero) is 1. The molecular weight excluding hydrogens is 460 g/mol. The number of aromatic carboxylic acids is 1. The highest BCUT2D eigenvalue weighted by atomic mass is 16.7. The summed E-state index contributed by atoms with van der Waals surface area (Å²) in [6, 6.07) is 3.92. The normalized spacial score (nSPS) is 26.8. The molecule has 0 bridgehead atoms. The molecule has 0 amide bonds. The number of hydrogen-bond acceptors (Lipinski definition) is 9. The van der Waals surface area contributed by atoms with Crippen molar-refractivity contribution >= 4 is 22.5 Å². The van der Waals surface area contributed by atoms with Crippen molar-refractivity contribution < 1.29 is 49.7 Å². The molecule has 6 N–H and O–H groups in total. The van der Waals surface area contributed by atoms with Crippen molar-refractivity contribution in [1.82, 2.24) is 0 Å². The summed E-state index contributed by atoms with van der Waals surface area (Å²) in [5.74, 6) is -2.19. The first-order chi connectivity index (χ1) is 16.3. The zero-order chi connectivity index (χ0) is 26.2. The van der Waals surface area contributed by atoms with E-state index in [9.17, 15) is 40.2 Å². The maximum atomic E-state index is 12.1. The summed E-state index contributed by atoms with van der Waals surface area (Å²) in [4.78, 5) is 23.8. The van der Waals surface area contributed by atoms with Gasteiger partial charge in [-0.15, -0.1) is 0 Å². The Hall–Kier alpha value is -2.76. The maximum Gasteiger partial charge on any atom is 0.335 e. The van der Waals surface area contributed by atoms with Crippen LogP contribution in [0.15, 0.2) is 18.2 Å². The van der Waals surface area contributed by atoms with Gasteiger partial charge in [0.1, 0.15) is 35.4 Å². The lowest BCUT2D eigenvalue weighted by Crippen LogP contribution is -2.67. The third kappa shape index (κ3) is 4.98. The molecule has 0 spiro atoms. The van der Waals surface area contributed by atoms with Gasteiger partial charge in [-0.3, -0.25) is 4.79 Å². The summed E-state index contributed by atoms with van der Waals surface area (Å²) < 4.78 is 11.4. The van der Waals surface area contributed by atoms with E-state index in [0.717, 1.165) is 6.07 Å². The number of carbonyl (C=O) groups excluding carboxylic acids is 1. The van der Waals surface area contributed by atoms with Gasteiger partial charge in [0.05, 0.1) is 23.1 Å². The standard InChI is InChI=1S/C25H32O10/c1-11(2)5-6-25(33)17(10-26)35-24(21(29)22(25)30)34-16-9-15(23(31)32)8-14-7-12(3)18(13(4)27)20(28)19(14)16/h7-9,11,17,21-22,24,26,28-30,33H,5-6,10H2,1-4H3,(H,31,32). The molecule has 10 heteroatoms. The number of carboxylic acids is 1. The fourth-order valence-corrected chi connectivity index (χ4v) is 4.53. The topological polar surface area (TPSA) is 174 Å². The van der Waals surface area contributed by atoms with Crippen LogP contribution in [0.4, 0.5) is 0 Å². The van der Waals surface area contributed by atoms with Crippen molar-refractivity contribution in [2.75, 3.05) is 6.61 Å². The minimum absolute atomic E-state index is 0.0114. The van der Waals surface area contributed by atoms with Crippen LogP contribution >= 0.6 is 0 Å². The van der Waals surface area contributed by atoms with E-state index in [-0.39, 0.29) is 40.0 Å². The van der Waals surface area contributed by atoms with Crippen molar-refractivity contribution in [2.45, 2.75) is 70.7 Å². The first-order valence-electron chi connectivity index (χ1n) is 11.4. The van der Waals surface area contributed by atoms with E-state index in [0.29, 0.717) is 12.0 Å². The summed E-state index contributed by atoms with van der Waals surface area (Å²) in [6.45, 7) is 6.01. The predicted octanol–water partition coefficient (Wildman–Crippen LogP) is 1.74. The summed E-state index contributed by atoms with van der Waals surface area (Å²) in [7, 11) is 0. The zero-order valence-corrected chi connectivity index (χ0v) is 20.1. The molecule has 1 saturated heterocycles. The number of phenolic OH excluding ortho intramolecular Hbond substituents is 1. The number of aliphatic hydroxyl groups is 4. The Bertz CT molecular complexity index is 1120. The van der Waals surface area contributed by atoms with Crippen molar-refractivity contribution in [3.05, 3.63) is 34.9 Å². The van der Waals surface area contributed by atoms with Gasteiger partial charge < -0.3 is 40.1 Å². The van der Waals surface area contributed by atoms with Crippen LogP contribution in [0.25, 0.3) is 10.8 Å². The molecule has 0 aliphatic carbocycles. The molecule has 1 aliphatic heterocycles. The van der Waals surface area contributed by atoms with Gasteiger partial charge in [-0.1, -0.05) is 19.9 Å². The highest BCUT2D eigenvalue weighted by Crippen LogP contribution is 2.41. The Morgan fingerprint density at radius 2 is 1.86 bits per heavy atom. The zero-order valence-electron chi connectivity index (χ0n) is 20.1. The number of rotatable bonds is 8. The molecule has 10 nitrogen and oxygen atoms in total. The molecule has 2 aromatic rings. The Kier molecular flexibility index (Phi) is 7.73. The molecule has 1 heterocycles. The first kappa shape index (κ1) is 26.8. The molecule has 1 aliphatic rings. The van der Waals surface area contributed by atoms with Crippen molar-refractivity contribution in [2.24, 2.45) is 5.92 Å². The molecule has 35 heavy (non-hydrogen) atoms. The molecule has 5 unspecified atom stereocenters. The van der Waals surface area contributed by atoms with E-state index in [1.807, 2.05) is 13.8 Å². The van der Waals surface area contributed by atoms with E-state index in [4.69, 9.17) is 9.47 Å².